The molecule has 0 radical (unpaired) electrons. The van der Waals surface area contributed by atoms with Gasteiger partial charge in [-0.1, -0.05) is 50.7 Å². The van der Waals surface area contributed by atoms with Crippen LogP contribution in [0.25, 0.3) is 0 Å². The van der Waals surface area contributed by atoms with Crippen LogP contribution in [0.3, 0.4) is 0 Å². The van der Waals surface area contributed by atoms with Crippen molar-refractivity contribution in [1.82, 2.24) is 0 Å². The van der Waals surface area contributed by atoms with Gasteiger partial charge in [0.1, 0.15) is 11.8 Å². The number of nitrogens with zero attached hydrogens (tertiary/aromatic N) is 2. The van der Waals surface area contributed by atoms with E-state index in [1.54, 1.807) is 11.1 Å². The van der Waals surface area contributed by atoms with Crippen LogP contribution in [-0.2, 0) is 9.53 Å². The maximum atomic E-state index is 12.4. The first kappa shape index (κ1) is 17.4. The number of para-hydroxylation sites is 1. The van der Waals surface area contributed by atoms with E-state index in [0.717, 1.165) is 12.1 Å². The molecule has 0 saturated carbocycles. The second kappa shape index (κ2) is 8.06. The molecule has 0 fully saturated rings. The molecule has 1 unspecified atom stereocenters. The second-order valence-corrected chi connectivity index (χ2v) is 7.07. The summed E-state index contributed by atoms with van der Waals surface area (Å²) < 4.78 is 5.80. The number of hydrazone groups is 1. The normalized spacial score (nSPS) is 17.7. The van der Waals surface area contributed by atoms with Crippen LogP contribution >= 0.6 is 11.8 Å². The van der Waals surface area contributed by atoms with Crippen molar-refractivity contribution in [1.29, 1.82) is 0 Å². The summed E-state index contributed by atoms with van der Waals surface area (Å²) in [5.74, 6) is 0.292. The number of thioether (sulfide) groups is 1. The molecule has 0 aromatic heterocycles. The van der Waals surface area contributed by atoms with E-state index in [9.17, 15) is 4.79 Å². The Morgan fingerprint density at radius 1 is 1.39 bits per heavy atom. The van der Waals surface area contributed by atoms with Gasteiger partial charge in [0.05, 0.1) is 12.3 Å². The lowest BCUT2D eigenvalue weighted by Crippen LogP contribution is -2.37. The van der Waals surface area contributed by atoms with Crippen LogP contribution in [-0.4, -0.2) is 22.8 Å². The van der Waals surface area contributed by atoms with Crippen molar-refractivity contribution < 1.29 is 9.53 Å². The van der Waals surface area contributed by atoms with E-state index < -0.39 is 5.92 Å². The fourth-order valence-corrected chi connectivity index (χ4v) is 2.89. The molecule has 1 atom stereocenters. The van der Waals surface area contributed by atoms with E-state index in [-0.39, 0.29) is 16.2 Å². The lowest BCUT2D eigenvalue weighted by atomic mass is 10.1. The maximum Gasteiger partial charge on any atom is 0.212 e. The highest BCUT2D eigenvalue weighted by Crippen LogP contribution is 2.28. The van der Waals surface area contributed by atoms with Crippen LogP contribution in [0.1, 0.15) is 27.2 Å². The van der Waals surface area contributed by atoms with E-state index in [1.165, 1.54) is 11.8 Å². The molecule has 1 aromatic carbocycles. The fourth-order valence-electron chi connectivity index (χ4n) is 2.09. The monoisotopic (exact) mass is 333 g/mol. The second-order valence-electron chi connectivity index (χ2n) is 5.49. The van der Waals surface area contributed by atoms with Crippen molar-refractivity contribution in [3.8, 4) is 0 Å². The maximum absolute atomic E-state index is 12.4. The largest absolute Gasteiger partial charge is 0.478 e. The molecule has 0 saturated heterocycles. The van der Waals surface area contributed by atoms with Crippen LogP contribution < -0.4 is 10.7 Å². The number of carbonyl (C=O) groups excluding carboxylic acids is 1. The quantitative estimate of drug-likeness (QED) is 0.865. The minimum absolute atomic E-state index is 0.00781. The molecular formula is C17H23N3O2S. The average molecular weight is 333 g/mol. The third kappa shape index (κ3) is 4.51. The van der Waals surface area contributed by atoms with Crippen molar-refractivity contribution in [2.45, 2.75) is 32.4 Å². The van der Waals surface area contributed by atoms with Gasteiger partial charge in [-0.2, -0.15) is 10.1 Å². The molecule has 6 heteroatoms. The molecule has 1 aliphatic heterocycles. The van der Waals surface area contributed by atoms with Gasteiger partial charge in [-0.05, 0) is 24.6 Å². The van der Waals surface area contributed by atoms with Crippen molar-refractivity contribution in [3.63, 3.8) is 0 Å². The van der Waals surface area contributed by atoms with Crippen LogP contribution in [0.15, 0.2) is 47.4 Å². The summed E-state index contributed by atoms with van der Waals surface area (Å²) in [5.41, 5.74) is 6.90. The topological polar surface area (TPSA) is 67.9 Å². The van der Waals surface area contributed by atoms with E-state index in [2.05, 4.69) is 5.10 Å². The number of anilines is 1. The molecular weight excluding hydrogens is 310 g/mol. The predicted molar refractivity (Wildman–Crippen MR) is 96.1 cm³/mol. The van der Waals surface area contributed by atoms with Gasteiger partial charge in [0, 0.05) is 5.25 Å². The Kier molecular flexibility index (Phi) is 6.10. The van der Waals surface area contributed by atoms with Gasteiger partial charge in [-0.3, -0.25) is 4.79 Å². The first-order valence-electron chi connectivity index (χ1n) is 7.77. The molecule has 5 nitrogen and oxygen atoms in total. The van der Waals surface area contributed by atoms with Crippen LogP contribution in [0, 0.1) is 5.92 Å². The number of nitrogens with two attached hydrogens (primary N) is 1. The van der Waals surface area contributed by atoms with Gasteiger partial charge < -0.3 is 10.5 Å². The van der Waals surface area contributed by atoms with Gasteiger partial charge in [-0.25, -0.2) is 0 Å². The molecule has 1 aliphatic rings. The smallest absolute Gasteiger partial charge is 0.212 e. The molecule has 124 valence electrons. The molecule has 1 aromatic rings. The Morgan fingerprint density at radius 3 is 2.70 bits per heavy atom. The molecule has 23 heavy (non-hydrogen) atoms. The zero-order valence-electron chi connectivity index (χ0n) is 13.7. The van der Waals surface area contributed by atoms with Crippen LogP contribution in [0.2, 0.25) is 0 Å². The average Bonchev–Trinajstić information content (AvgIpc) is 2.53. The van der Waals surface area contributed by atoms with E-state index >= 15 is 0 Å². The molecule has 2 N–H and O–H groups in total. The van der Waals surface area contributed by atoms with Gasteiger partial charge in [0.15, 0.2) is 0 Å². The number of amidine groups is 1. The van der Waals surface area contributed by atoms with Gasteiger partial charge >= 0.3 is 0 Å². The van der Waals surface area contributed by atoms with Gasteiger partial charge in [-0.15, -0.1) is 0 Å². The minimum atomic E-state index is -0.547. The van der Waals surface area contributed by atoms with Crippen LogP contribution in [0.5, 0.6) is 0 Å². The predicted octanol–water partition coefficient (Wildman–Crippen LogP) is 3.33. The molecule has 0 amide bonds. The summed E-state index contributed by atoms with van der Waals surface area (Å²) >= 11 is 1.27. The number of hydrogen-bond acceptors (Lipinski definition) is 6. The summed E-state index contributed by atoms with van der Waals surface area (Å²) in [7, 11) is 0. The fraction of sp³-hybridized carbons (Fsp3) is 0.412. The minimum Gasteiger partial charge on any atom is -0.478 e. The number of hydrogen-bond donors (Lipinski definition) is 1. The Morgan fingerprint density at radius 2 is 2.09 bits per heavy atom. The van der Waals surface area contributed by atoms with E-state index in [4.69, 9.17) is 10.5 Å². The number of carbonyl (C=O) groups is 1. The zero-order valence-corrected chi connectivity index (χ0v) is 14.5. The Balaban J connectivity index is 2.29. The first-order chi connectivity index (χ1) is 11.0. The summed E-state index contributed by atoms with van der Waals surface area (Å²) in [5, 5.41) is 6.24. The molecule has 0 spiro atoms. The summed E-state index contributed by atoms with van der Waals surface area (Å²) in [6, 6.07) is 9.62. The standard InChI is InChI=1S/C17H23N3O2S/c1-4-10-22-15-11-14(17(21)23-12(2)3)16(18)19-20(15)13-8-6-5-7-9-13/h5-9,11-12,14H,4,10H2,1-3H3,(H2,18,19). The van der Waals surface area contributed by atoms with Crippen molar-refractivity contribution in [2.24, 2.45) is 16.8 Å². The van der Waals surface area contributed by atoms with Gasteiger partial charge in [0.25, 0.3) is 0 Å². The van der Waals surface area contributed by atoms with E-state index in [1.807, 2.05) is 51.1 Å². The lowest BCUT2D eigenvalue weighted by molar-refractivity contribution is -0.111. The van der Waals surface area contributed by atoms with E-state index in [0.29, 0.717) is 12.5 Å². The Bertz CT molecular complexity index is 599. The molecule has 2 rings (SSSR count). The third-order valence-corrected chi connectivity index (χ3v) is 4.07. The summed E-state index contributed by atoms with van der Waals surface area (Å²) in [6.07, 6.45) is 2.64. The first-order valence-corrected chi connectivity index (χ1v) is 8.65. The SMILES string of the molecule is CCCOC1=CC(C(=O)SC(C)C)C(N)=NN1c1ccccc1. The van der Waals surface area contributed by atoms with Crippen molar-refractivity contribution in [3.05, 3.63) is 42.3 Å². The molecule has 0 bridgehead atoms. The van der Waals surface area contributed by atoms with Crippen molar-refractivity contribution >= 4 is 28.4 Å². The summed E-state index contributed by atoms with van der Waals surface area (Å²) in [4.78, 5) is 12.4. The molecule has 0 aliphatic carbocycles. The Labute approximate surface area is 141 Å². The number of benzene rings is 1. The highest BCUT2D eigenvalue weighted by Gasteiger charge is 2.30. The highest BCUT2D eigenvalue weighted by molar-refractivity contribution is 8.14. The van der Waals surface area contributed by atoms with Crippen LogP contribution in [0.4, 0.5) is 5.69 Å². The van der Waals surface area contributed by atoms with Gasteiger partial charge in [0.2, 0.25) is 11.0 Å². The summed E-state index contributed by atoms with van der Waals surface area (Å²) in [6.45, 7) is 6.55. The zero-order chi connectivity index (χ0) is 16.8. The lowest BCUT2D eigenvalue weighted by Gasteiger charge is -2.28. The highest BCUT2D eigenvalue weighted by atomic mass is 32.2. The Hall–Kier alpha value is -1.95. The molecule has 1 heterocycles. The third-order valence-electron chi connectivity index (χ3n) is 3.11. The van der Waals surface area contributed by atoms with Crippen molar-refractivity contribution in [2.75, 3.05) is 11.6 Å². The number of rotatable bonds is 6. The number of ether oxygens (including phenoxy) is 1.